The van der Waals surface area contributed by atoms with Gasteiger partial charge < -0.3 is 9.88 Å². The van der Waals surface area contributed by atoms with Gasteiger partial charge in [0.25, 0.3) is 0 Å². The highest BCUT2D eigenvalue weighted by Crippen LogP contribution is 2.40. The molecule has 2 heterocycles. The molecule has 6 nitrogen and oxygen atoms in total. The van der Waals surface area contributed by atoms with Crippen LogP contribution < -0.4 is 5.32 Å². The molecule has 2 aromatic heterocycles. The Labute approximate surface area is 172 Å². The normalized spacial score (nSPS) is 14.6. The summed E-state index contributed by atoms with van der Waals surface area (Å²) in [5, 5.41) is 12.6. The summed E-state index contributed by atoms with van der Waals surface area (Å²) < 4.78 is 2.14. The lowest BCUT2D eigenvalue weighted by Gasteiger charge is -2.13. The van der Waals surface area contributed by atoms with Gasteiger partial charge in [0.2, 0.25) is 5.91 Å². The lowest BCUT2D eigenvalue weighted by atomic mass is 10.2. The maximum Gasteiger partial charge on any atom is 0.238 e. The van der Waals surface area contributed by atoms with E-state index < -0.39 is 0 Å². The minimum atomic E-state index is -0.344. The van der Waals surface area contributed by atoms with Crippen molar-refractivity contribution in [2.75, 3.05) is 5.32 Å². The molecule has 1 aromatic carbocycles. The number of benzene rings is 1. The Balaban J connectivity index is 1.49. The highest BCUT2D eigenvalue weighted by atomic mass is 35.5. The fourth-order valence-corrected chi connectivity index (χ4v) is 3.80. The van der Waals surface area contributed by atoms with Crippen molar-refractivity contribution in [1.82, 2.24) is 19.7 Å². The van der Waals surface area contributed by atoms with Crippen LogP contribution in [0, 0.1) is 0 Å². The van der Waals surface area contributed by atoms with E-state index in [0.717, 1.165) is 23.8 Å². The SMILES string of the molecule is CC(Sc1nnc(C2CC2)n1Cc1ccccc1)C(=O)Nc1ccc(Cl)cn1. The molecule has 8 heteroatoms. The summed E-state index contributed by atoms with van der Waals surface area (Å²) in [7, 11) is 0. The van der Waals surface area contributed by atoms with Crippen LogP contribution >= 0.6 is 23.4 Å². The van der Waals surface area contributed by atoms with Crippen molar-refractivity contribution >= 4 is 35.1 Å². The maximum atomic E-state index is 12.6. The molecule has 1 unspecified atom stereocenters. The topological polar surface area (TPSA) is 72.7 Å². The molecule has 1 fully saturated rings. The summed E-state index contributed by atoms with van der Waals surface area (Å²) in [6.45, 7) is 2.56. The first-order valence-corrected chi connectivity index (χ1v) is 10.4. The third-order valence-corrected chi connectivity index (χ3v) is 5.81. The molecule has 1 amide bonds. The number of amides is 1. The van der Waals surface area contributed by atoms with Crippen molar-refractivity contribution in [2.24, 2.45) is 0 Å². The largest absolute Gasteiger partial charge is 0.310 e. The van der Waals surface area contributed by atoms with Crippen molar-refractivity contribution in [3.05, 3.63) is 65.1 Å². The number of nitrogens with one attached hydrogen (secondary N) is 1. The fourth-order valence-electron chi connectivity index (χ4n) is 2.83. The van der Waals surface area contributed by atoms with E-state index in [2.05, 4.69) is 37.2 Å². The molecule has 0 bridgehead atoms. The molecule has 1 saturated carbocycles. The zero-order chi connectivity index (χ0) is 19.5. The lowest BCUT2D eigenvalue weighted by molar-refractivity contribution is -0.115. The Morgan fingerprint density at radius 2 is 2.04 bits per heavy atom. The van der Waals surface area contributed by atoms with Crippen LogP contribution in [-0.4, -0.2) is 30.9 Å². The van der Waals surface area contributed by atoms with Crippen LogP contribution in [0.2, 0.25) is 5.02 Å². The molecule has 0 aliphatic heterocycles. The van der Waals surface area contributed by atoms with Crippen LogP contribution in [-0.2, 0) is 11.3 Å². The van der Waals surface area contributed by atoms with Crippen molar-refractivity contribution in [1.29, 1.82) is 0 Å². The van der Waals surface area contributed by atoms with Gasteiger partial charge in [-0.3, -0.25) is 4.79 Å². The Morgan fingerprint density at radius 1 is 1.25 bits per heavy atom. The predicted molar refractivity (Wildman–Crippen MR) is 111 cm³/mol. The zero-order valence-corrected chi connectivity index (χ0v) is 17.0. The van der Waals surface area contributed by atoms with Crippen LogP contribution in [0.4, 0.5) is 5.82 Å². The number of thioether (sulfide) groups is 1. The summed E-state index contributed by atoms with van der Waals surface area (Å²) in [5.74, 6) is 1.83. The molecule has 1 N–H and O–H groups in total. The third kappa shape index (κ3) is 4.54. The molecule has 4 rings (SSSR count). The molecule has 144 valence electrons. The molecule has 28 heavy (non-hydrogen) atoms. The molecule has 1 aliphatic carbocycles. The minimum absolute atomic E-state index is 0.137. The van der Waals surface area contributed by atoms with Crippen LogP contribution in [0.1, 0.15) is 37.1 Å². The molecular weight excluding hydrogens is 394 g/mol. The number of halogens is 1. The molecular formula is C20H20ClN5OS. The number of anilines is 1. The van der Waals surface area contributed by atoms with Crippen LogP contribution in [0.25, 0.3) is 0 Å². The highest BCUT2D eigenvalue weighted by molar-refractivity contribution is 8.00. The average molecular weight is 414 g/mol. The van der Waals surface area contributed by atoms with Gasteiger partial charge in [-0.1, -0.05) is 53.7 Å². The van der Waals surface area contributed by atoms with E-state index in [9.17, 15) is 4.79 Å². The summed E-state index contributed by atoms with van der Waals surface area (Å²) in [4.78, 5) is 16.7. The van der Waals surface area contributed by atoms with E-state index in [4.69, 9.17) is 11.6 Å². The monoisotopic (exact) mass is 413 g/mol. The molecule has 1 aliphatic rings. The van der Waals surface area contributed by atoms with Crippen molar-refractivity contribution < 1.29 is 4.79 Å². The smallest absolute Gasteiger partial charge is 0.238 e. The Morgan fingerprint density at radius 3 is 2.71 bits per heavy atom. The molecule has 0 radical (unpaired) electrons. The standard InChI is InChI=1S/C20H20ClN5OS/c1-13(19(27)23-17-10-9-16(21)11-22-17)28-20-25-24-18(15-7-8-15)26(20)12-14-5-3-2-4-6-14/h2-6,9-11,13,15H,7-8,12H2,1H3,(H,22,23,27). The first-order valence-electron chi connectivity index (χ1n) is 9.16. The molecule has 0 saturated heterocycles. The van der Waals surface area contributed by atoms with Gasteiger partial charge in [0, 0.05) is 12.1 Å². The van der Waals surface area contributed by atoms with Gasteiger partial charge >= 0.3 is 0 Å². The lowest BCUT2D eigenvalue weighted by Crippen LogP contribution is -2.23. The highest BCUT2D eigenvalue weighted by Gasteiger charge is 2.31. The first-order chi connectivity index (χ1) is 13.6. The van der Waals surface area contributed by atoms with E-state index in [1.165, 1.54) is 23.5 Å². The number of nitrogens with zero attached hydrogens (tertiary/aromatic N) is 4. The second-order valence-corrected chi connectivity index (χ2v) is 8.54. The van der Waals surface area contributed by atoms with Crippen molar-refractivity contribution in [3.8, 4) is 0 Å². The molecule has 3 aromatic rings. The predicted octanol–water partition coefficient (Wildman–Crippen LogP) is 4.37. The molecule has 1 atom stereocenters. The van der Waals surface area contributed by atoms with E-state index in [1.54, 1.807) is 12.1 Å². The van der Waals surface area contributed by atoms with Gasteiger partial charge in [-0.2, -0.15) is 0 Å². The minimum Gasteiger partial charge on any atom is -0.310 e. The average Bonchev–Trinajstić information content (AvgIpc) is 3.48. The molecule has 0 spiro atoms. The number of pyridine rings is 1. The van der Waals surface area contributed by atoms with Gasteiger partial charge in [-0.25, -0.2) is 4.98 Å². The summed E-state index contributed by atoms with van der Waals surface area (Å²) >= 11 is 7.25. The second-order valence-electron chi connectivity index (χ2n) is 6.80. The summed E-state index contributed by atoms with van der Waals surface area (Å²) in [6.07, 6.45) is 3.80. The zero-order valence-electron chi connectivity index (χ0n) is 15.4. The Kier molecular flexibility index (Phi) is 5.64. The van der Waals surface area contributed by atoms with Crippen molar-refractivity contribution in [2.45, 2.75) is 42.6 Å². The summed E-state index contributed by atoms with van der Waals surface area (Å²) in [5.41, 5.74) is 1.19. The number of carbonyl (C=O) groups is 1. The number of hydrogen-bond acceptors (Lipinski definition) is 5. The van der Waals surface area contributed by atoms with E-state index in [1.807, 2.05) is 25.1 Å². The summed E-state index contributed by atoms with van der Waals surface area (Å²) in [6, 6.07) is 13.6. The van der Waals surface area contributed by atoms with E-state index in [0.29, 0.717) is 23.3 Å². The van der Waals surface area contributed by atoms with Crippen LogP contribution in [0.5, 0.6) is 0 Å². The number of hydrogen-bond donors (Lipinski definition) is 1. The van der Waals surface area contributed by atoms with Gasteiger partial charge in [-0.15, -0.1) is 10.2 Å². The van der Waals surface area contributed by atoms with E-state index >= 15 is 0 Å². The van der Waals surface area contributed by atoms with Gasteiger partial charge in [0.05, 0.1) is 16.8 Å². The van der Waals surface area contributed by atoms with Crippen molar-refractivity contribution in [3.63, 3.8) is 0 Å². The van der Waals surface area contributed by atoms with Gasteiger partial charge in [0.1, 0.15) is 11.6 Å². The van der Waals surface area contributed by atoms with E-state index in [-0.39, 0.29) is 11.2 Å². The first kappa shape index (κ1) is 19.0. The number of aromatic nitrogens is 4. The Bertz CT molecular complexity index is 956. The quantitative estimate of drug-likeness (QED) is 0.582. The third-order valence-electron chi connectivity index (χ3n) is 4.50. The van der Waals surface area contributed by atoms with Crippen LogP contribution in [0.15, 0.2) is 53.8 Å². The van der Waals surface area contributed by atoms with Gasteiger partial charge in [-0.05, 0) is 37.5 Å². The van der Waals surface area contributed by atoms with Crippen LogP contribution in [0.3, 0.4) is 0 Å². The number of carbonyl (C=O) groups excluding carboxylic acids is 1. The second kappa shape index (κ2) is 8.32. The Hall–Kier alpha value is -2.38. The van der Waals surface area contributed by atoms with Gasteiger partial charge in [0.15, 0.2) is 5.16 Å². The number of rotatable bonds is 7. The maximum absolute atomic E-state index is 12.6. The fraction of sp³-hybridized carbons (Fsp3) is 0.300.